The number of nitro groups is 1. The maximum absolute atomic E-state index is 10.9. The second kappa shape index (κ2) is 7.28. The van der Waals surface area contributed by atoms with Gasteiger partial charge in [-0.05, 0) is 19.4 Å². The molecule has 0 aliphatic heterocycles. The van der Waals surface area contributed by atoms with Gasteiger partial charge < -0.3 is 10.1 Å². The van der Waals surface area contributed by atoms with E-state index in [-0.39, 0.29) is 5.69 Å². The van der Waals surface area contributed by atoms with Gasteiger partial charge in [0.25, 0.3) is 5.69 Å². The van der Waals surface area contributed by atoms with Gasteiger partial charge in [-0.2, -0.15) is 5.10 Å². The number of rotatable bonds is 8. The van der Waals surface area contributed by atoms with E-state index in [9.17, 15) is 10.1 Å². The maximum atomic E-state index is 10.9. The molecule has 0 bridgehead atoms. The third-order valence-electron chi connectivity index (χ3n) is 2.87. The van der Waals surface area contributed by atoms with E-state index < -0.39 is 4.92 Å². The Bertz CT molecular complexity index is 584. The molecule has 2 aromatic rings. The minimum atomic E-state index is -0.419. The summed E-state index contributed by atoms with van der Waals surface area (Å²) in [4.78, 5) is 10.5. The number of nitro benzene ring substituents is 1. The Kier molecular flexibility index (Phi) is 5.14. The summed E-state index contributed by atoms with van der Waals surface area (Å²) in [7, 11) is 0. The van der Waals surface area contributed by atoms with E-state index in [1.165, 1.54) is 12.1 Å². The summed E-state index contributed by atoms with van der Waals surface area (Å²) in [6.07, 6.45) is 4.51. The molecule has 112 valence electrons. The number of hydrogen-bond acceptors (Lipinski definition) is 5. The Balaban J connectivity index is 1.93. The summed E-state index contributed by atoms with van der Waals surface area (Å²) in [6.45, 7) is 3.82. The average molecular weight is 290 g/mol. The monoisotopic (exact) mass is 290 g/mol. The Morgan fingerprint density at radius 3 is 2.95 bits per heavy atom. The van der Waals surface area contributed by atoms with Crippen molar-refractivity contribution in [1.29, 1.82) is 0 Å². The van der Waals surface area contributed by atoms with Crippen molar-refractivity contribution in [2.45, 2.75) is 19.9 Å². The predicted molar refractivity (Wildman–Crippen MR) is 79.6 cm³/mol. The van der Waals surface area contributed by atoms with Crippen molar-refractivity contribution < 1.29 is 9.66 Å². The molecule has 1 aromatic heterocycles. The van der Waals surface area contributed by atoms with Crippen molar-refractivity contribution in [3.63, 3.8) is 0 Å². The fraction of sp³-hybridized carbons (Fsp3) is 0.357. The van der Waals surface area contributed by atoms with Crippen LogP contribution in [0.3, 0.4) is 0 Å². The van der Waals surface area contributed by atoms with Gasteiger partial charge in [0.05, 0.1) is 17.6 Å². The lowest BCUT2D eigenvalue weighted by Crippen LogP contribution is -2.07. The summed E-state index contributed by atoms with van der Waals surface area (Å²) in [6, 6.07) is 6.58. The lowest BCUT2D eigenvalue weighted by atomic mass is 10.2. The molecule has 1 aromatic carbocycles. The van der Waals surface area contributed by atoms with Crippen LogP contribution < -0.4 is 10.1 Å². The molecule has 0 saturated heterocycles. The Labute approximate surface area is 122 Å². The van der Waals surface area contributed by atoms with E-state index in [0.29, 0.717) is 24.6 Å². The predicted octanol–water partition coefficient (Wildman–Crippen LogP) is 2.69. The van der Waals surface area contributed by atoms with Crippen molar-refractivity contribution in [2.24, 2.45) is 0 Å². The number of hydrogen-bond donors (Lipinski definition) is 1. The van der Waals surface area contributed by atoms with Crippen molar-refractivity contribution in [2.75, 3.05) is 18.5 Å². The van der Waals surface area contributed by atoms with E-state index >= 15 is 0 Å². The topological polar surface area (TPSA) is 82.2 Å². The summed E-state index contributed by atoms with van der Waals surface area (Å²) >= 11 is 0. The molecule has 0 aliphatic carbocycles. The van der Waals surface area contributed by atoms with Crippen LogP contribution >= 0.6 is 0 Å². The lowest BCUT2D eigenvalue weighted by Gasteiger charge is -2.09. The minimum absolute atomic E-state index is 0.0236. The number of benzene rings is 1. The first-order valence-electron chi connectivity index (χ1n) is 6.82. The Morgan fingerprint density at radius 2 is 2.29 bits per heavy atom. The highest BCUT2D eigenvalue weighted by atomic mass is 16.6. The first kappa shape index (κ1) is 14.8. The molecule has 0 unspecified atom stereocenters. The molecule has 7 heteroatoms. The molecular formula is C14H18N4O3. The van der Waals surface area contributed by atoms with Crippen LogP contribution in [-0.4, -0.2) is 27.9 Å². The van der Waals surface area contributed by atoms with E-state index in [1.54, 1.807) is 12.3 Å². The molecule has 0 fully saturated rings. The molecule has 0 aliphatic rings. The van der Waals surface area contributed by atoms with Crippen LogP contribution in [0.15, 0.2) is 36.7 Å². The van der Waals surface area contributed by atoms with E-state index in [1.807, 2.05) is 23.9 Å². The Morgan fingerprint density at radius 1 is 1.43 bits per heavy atom. The summed E-state index contributed by atoms with van der Waals surface area (Å²) in [5.41, 5.74) is 0.712. The first-order chi connectivity index (χ1) is 10.2. The highest BCUT2D eigenvalue weighted by molar-refractivity contribution is 5.56. The normalized spacial score (nSPS) is 10.3. The van der Waals surface area contributed by atoms with Crippen LogP contribution in [-0.2, 0) is 6.54 Å². The molecule has 1 heterocycles. The van der Waals surface area contributed by atoms with Gasteiger partial charge in [-0.15, -0.1) is 0 Å². The fourth-order valence-corrected chi connectivity index (χ4v) is 1.95. The quantitative estimate of drug-likeness (QED) is 0.459. The van der Waals surface area contributed by atoms with E-state index in [0.717, 1.165) is 13.0 Å². The number of anilines is 1. The second-order valence-corrected chi connectivity index (χ2v) is 4.46. The lowest BCUT2D eigenvalue weighted by molar-refractivity contribution is -0.384. The third-order valence-corrected chi connectivity index (χ3v) is 2.87. The summed E-state index contributed by atoms with van der Waals surface area (Å²) in [5.74, 6) is 0.501. The van der Waals surface area contributed by atoms with Crippen molar-refractivity contribution in [1.82, 2.24) is 9.78 Å². The van der Waals surface area contributed by atoms with E-state index in [2.05, 4.69) is 10.4 Å². The molecular weight excluding hydrogens is 272 g/mol. The van der Waals surface area contributed by atoms with E-state index in [4.69, 9.17) is 4.74 Å². The van der Waals surface area contributed by atoms with Gasteiger partial charge in [0, 0.05) is 43.3 Å². The van der Waals surface area contributed by atoms with Crippen molar-refractivity contribution >= 4 is 11.4 Å². The van der Waals surface area contributed by atoms with Gasteiger partial charge in [-0.1, -0.05) is 0 Å². The Hall–Kier alpha value is -2.57. The number of aryl methyl sites for hydroxylation is 1. The SMILES string of the molecule is CCOc1cc(NCCCn2cccn2)cc([N+](=O)[O-])c1. The largest absolute Gasteiger partial charge is 0.494 e. The van der Waals surface area contributed by atoms with Crippen molar-refractivity contribution in [3.05, 3.63) is 46.8 Å². The molecule has 0 atom stereocenters. The van der Waals surface area contributed by atoms with Crippen LogP contribution in [0.5, 0.6) is 5.75 Å². The number of non-ortho nitro benzene ring substituents is 1. The highest BCUT2D eigenvalue weighted by Gasteiger charge is 2.10. The molecule has 1 N–H and O–H groups in total. The molecule has 0 amide bonds. The molecule has 2 rings (SSSR count). The van der Waals surface area contributed by atoms with Crippen LogP contribution in [0.2, 0.25) is 0 Å². The van der Waals surface area contributed by atoms with Gasteiger partial charge >= 0.3 is 0 Å². The van der Waals surface area contributed by atoms with Crippen LogP contribution in [0.1, 0.15) is 13.3 Å². The van der Waals surface area contributed by atoms with Gasteiger partial charge in [-0.3, -0.25) is 14.8 Å². The zero-order valence-corrected chi connectivity index (χ0v) is 11.9. The summed E-state index contributed by atoms with van der Waals surface area (Å²) < 4.78 is 7.19. The van der Waals surface area contributed by atoms with Gasteiger partial charge in [0.2, 0.25) is 0 Å². The molecule has 7 nitrogen and oxygen atoms in total. The maximum Gasteiger partial charge on any atom is 0.275 e. The summed E-state index contributed by atoms with van der Waals surface area (Å²) in [5, 5.41) is 18.2. The van der Waals surface area contributed by atoms with Gasteiger partial charge in [0.1, 0.15) is 5.75 Å². The highest BCUT2D eigenvalue weighted by Crippen LogP contribution is 2.26. The van der Waals surface area contributed by atoms with Crippen LogP contribution in [0.4, 0.5) is 11.4 Å². The van der Waals surface area contributed by atoms with Gasteiger partial charge in [-0.25, -0.2) is 0 Å². The van der Waals surface area contributed by atoms with Gasteiger partial charge in [0.15, 0.2) is 0 Å². The standard InChI is InChI=1S/C14H18N4O3/c1-2-21-14-10-12(9-13(11-14)18(19)20)15-5-3-7-17-8-4-6-16-17/h4,6,8-11,15H,2-3,5,7H2,1H3. The molecule has 0 radical (unpaired) electrons. The third kappa shape index (κ3) is 4.48. The average Bonchev–Trinajstić information content (AvgIpc) is 2.97. The number of aromatic nitrogens is 2. The number of nitrogens with zero attached hydrogens (tertiary/aromatic N) is 3. The fourth-order valence-electron chi connectivity index (χ4n) is 1.95. The molecule has 21 heavy (non-hydrogen) atoms. The zero-order chi connectivity index (χ0) is 15.1. The van der Waals surface area contributed by atoms with Crippen LogP contribution in [0, 0.1) is 10.1 Å². The second-order valence-electron chi connectivity index (χ2n) is 4.46. The van der Waals surface area contributed by atoms with Crippen molar-refractivity contribution in [3.8, 4) is 5.75 Å². The number of nitrogens with one attached hydrogen (secondary N) is 1. The molecule has 0 saturated carbocycles. The molecule has 0 spiro atoms. The smallest absolute Gasteiger partial charge is 0.275 e. The van der Waals surface area contributed by atoms with Crippen LogP contribution in [0.25, 0.3) is 0 Å². The minimum Gasteiger partial charge on any atom is -0.494 e. The zero-order valence-electron chi connectivity index (χ0n) is 11.9. The first-order valence-corrected chi connectivity index (χ1v) is 6.82. The number of ether oxygens (including phenoxy) is 1.